The predicted molar refractivity (Wildman–Crippen MR) is 92.5 cm³/mol. The molecular formula is C10H15N7O3S3. The van der Waals surface area contributed by atoms with Gasteiger partial charge in [0.2, 0.25) is 11.0 Å². The average molecular weight is 377 g/mol. The highest BCUT2D eigenvalue weighted by molar-refractivity contribution is 7.98. The van der Waals surface area contributed by atoms with Gasteiger partial charge in [0.25, 0.3) is 5.90 Å². The average Bonchev–Trinajstić information content (AvgIpc) is 3.01. The molecule has 0 bridgehead atoms. The molecule has 1 aromatic heterocycles. The summed E-state index contributed by atoms with van der Waals surface area (Å²) in [7, 11) is -2.47. The van der Waals surface area contributed by atoms with Gasteiger partial charge in [-0.05, 0) is 0 Å². The van der Waals surface area contributed by atoms with Gasteiger partial charge in [0.05, 0.1) is 12.8 Å². The number of aromatic nitrogens is 1. The molecule has 0 amide bonds. The third-order valence-corrected chi connectivity index (χ3v) is 4.94. The second kappa shape index (κ2) is 7.61. The van der Waals surface area contributed by atoms with Crippen LogP contribution >= 0.6 is 23.1 Å². The van der Waals surface area contributed by atoms with E-state index in [4.69, 9.17) is 16.2 Å². The van der Waals surface area contributed by atoms with Crippen molar-refractivity contribution in [2.45, 2.75) is 5.75 Å². The minimum atomic E-state index is -3.81. The molecule has 2 heterocycles. The first-order chi connectivity index (χ1) is 10.9. The Hall–Kier alpha value is -1.86. The molecule has 0 saturated carbocycles. The largest absolute Gasteiger partial charge is 0.478 e. The normalized spacial score (nSPS) is 15.7. The molecule has 2 rings (SSSR count). The van der Waals surface area contributed by atoms with E-state index in [0.717, 1.165) is 5.69 Å². The zero-order chi connectivity index (χ0) is 16.9. The van der Waals surface area contributed by atoms with E-state index in [1.807, 2.05) is 5.38 Å². The molecule has 1 aromatic rings. The topological polar surface area (TPSA) is 157 Å². The molecule has 0 fully saturated rings. The standard InChI is InChI=1S/C10H15N7O3S3/c1-20-8-7(16-23(18,19)17-8)13-2-3-21-4-6-5-22-10(14-6)15-9(11)12/h5H,2-4H2,1H3,(H,13,16)(H4,11,12,14,15). The van der Waals surface area contributed by atoms with Crippen LogP contribution in [-0.4, -0.2) is 50.5 Å². The maximum atomic E-state index is 11.2. The number of hydrogen-bond donors (Lipinski definition) is 3. The Morgan fingerprint density at radius 2 is 2.26 bits per heavy atom. The van der Waals surface area contributed by atoms with Crippen LogP contribution in [0.1, 0.15) is 5.69 Å². The molecule has 0 radical (unpaired) electrons. The lowest BCUT2D eigenvalue weighted by atomic mass is 10.5. The second-order valence-electron chi connectivity index (χ2n) is 4.13. The fourth-order valence-corrected chi connectivity index (χ4v) is 3.85. The summed E-state index contributed by atoms with van der Waals surface area (Å²) in [5.41, 5.74) is 11.4. The molecule has 126 valence electrons. The molecule has 23 heavy (non-hydrogen) atoms. The van der Waals surface area contributed by atoms with Crippen molar-refractivity contribution in [3.8, 4) is 0 Å². The van der Waals surface area contributed by atoms with Crippen LogP contribution < -0.4 is 16.8 Å². The SMILES string of the molecule is COC1=NS(=O)(=O)N=C1NCCSCc1csc(N=C(N)N)n1. The molecule has 0 aliphatic carbocycles. The predicted octanol–water partition coefficient (Wildman–Crippen LogP) is -0.427. The number of nitrogens with zero attached hydrogens (tertiary/aromatic N) is 4. The van der Waals surface area contributed by atoms with Crippen LogP contribution in [0.15, 0.2) is 19.2 Å². The van der Waals surface area contributed by atoms with E-state index in [0.29, 0.717) is 23.2 Å². The summed E-state index contributed by atoms with van der Waals surface area (Å²) < 4.78 is 34.1. The van der Waals surface area contributed by atoms with Crippen LogP contribution in [0.5, 0.6) is 0 Å². The number of aliphatic imine (C=N–C) groups is 1. The Balaban J connectivity index is 1.73. The lowest BCUT2D eigenvalue weighted by Crippen LogP contribution is -2.32. The van der Waals surface area contributed by atoms with E-state index in [1.165, 1.54) is 18.4 Å². The number of thiazole rings is 1. The van der Waals surface area contributed by atoms with Gasteiger partial charge in [-0.2, -0.15) is 25.2 Å². The number of methoxy groups -OCH3 is 1. The Morgan fingerprint density at radius 3 is 2.96 bits per heavy atom. The van der Waals surface area contributed by atoms with Gasteiger partial charge >= 0.3 is 10.2 Å². The van der Waals surface area contributed by atoms with Crippen molar-refractivity contribution < 1.29 is 13.2 Å². The summed E-state index contributed by atoms with van der Waals surface area (Å²) in [6.07, 6.45) is 0. The van der Waals surface area contributed by atoms with Crippen LogP contribution in [0.3, 0.4) is 0 Å². The fraction of sp³-hybridized carbons (Fsp3) is 0.400. The number of hydrogen-bond acceptors (Lipinski definition) is 8. The summed E-state index contributed by atoms with van der Waals surface area (Å²) in [5.74, 6) is 1.47. The van der Waals surface area contributed by atoms with Gasteiger partial charge in [-0.3, -0.25) is 0 Å². The van der Waals surface area contributed by atoms with Crippen LogP contribution in [0.25, 0.3) is 0 Å². The van der Waals surface area contributed by atoms with E-state index in [2.05, 4.69) is 24.1 Å². The summed E-state index contributed by atoms with van der Waals surface area (Å²) in [6.45, 7) is 0.506. The first-order valence-electron chi connectivity index (χ1n) is 6.24. The van der Waals surface area contributed by atoms with E-state index >= 15 is 0 Å². The molecule has 10 nitrogen and oxygen atoms in total. The Bertz CT molecular complexity index is 750. The van der Waals surface area contributed by atoms with Crippen molar-refractivity contribution in [2.75, 3.05) is 19.4 Å². The van der Waals surface area contributed by atoms with Gasteiger partial charge in [-0.15, -0.1) is 20.1 Å². The number of rotatable bonds is 6. The van der Waals surface area contributed by atoms with Gasteiger partial charge in [-0.25, -0.2) is 4.98 Å². The monoisotopic (exact) mass is 377 g/mol. The molecule has 0 spiro atoms. The summed E-state index contributed by atoms with van der Waals surface area (Å²) >= 11 is 2.98. The number of nitrogens with one attached hydrogen (secondary N) is 1. The maximum Gasteiger partial charge on any atom is 0.368 e. The first-order valence-corrected chi connectivity index (χ1v) is 9.67. The first kappa shape index (κ1) is 17.5. The maximum absolute atomic E-state index is 11.2. The van der Waals surface area contributed by atoms with E-state index in [9.17, 15) is 8.42 Å². The molecule has 1 aliphatic heterocycles. The van der Waals surface area contributed by atoms with Gasteiger partial charge < -0.3 is 21.5 Å². The lowest BCUT2D eigenvalue weighted by molar-refractivity contribution is 0.411. The van der Waals surface area contributed by atoms with Gasteiger partial charge in [-0.1, -0.05) is 0 Å². The van der Waals surface area contributed by atoms with Gasteiger partial charge in [0.1, 0.15) is 0 Å². The quantitative estimate of drug-likeness (QED) is 0.342. The second-order valence-corrected chi connectivity index (χ2v) is 7.33. The summed E-state index contributed by atoms with van der Waals surface area (Å²) in [4.78, 5) is 8.12. The summed E-state index contributed by atoms with van der Waals surface area (Å²) in [5, 5.41) is 5.28. The van der Waals surface area contributed by atoms with Crippen molar-refractivity contribution in [2.24, 2.45) is 25.3 Å². The lowest BCUT2D eigenvalue weighted by Gasteiger charge is -2.05. The molecule has 5 N–H and O–H groups in total. The highest BCUT2D eigenvalue weighted by Gasteiger charge is 2.24. The zero-order valence-corrected chi connectivity index (χ0v) is 14.5. The minimum absolute atomic E-state index is 0.0225. The third kappa shape index (κ3) is 5.37. The minimum Gasteiger partial charge on any atom is -0.478 e. The smallest absolute Gasteiger partial charge is 0.368 e. The molecule has 0 unspecified atom stereocenters. The number of nitrogens with two attached hydrogens (primary N) is 2. The molecule has 1 aliphatic rings. The summed E-state index contributed by atoms with van der Waals surface area (Å²) in [6, 6.07) is 0. The Kier molecular flexibility index (Phi) is 5.79. The Labute approximate surface area is 141 Å². The highest BCUT2D eigenvalue weighted by Crippen LogP contribution is 2.21. The van der Waals surface area contributed by atoms with Gasteiger partial charge in [0.15, 0.2) is 5.96 Å². The zero-order valence-electron chi connectivity index (χ0n) is 12.1. The van der Waals surface area contributed by atoms with Crippen molar-refractivity contribution >= 4 is 56.1 Å². The number of amidine groups is 1. The number of guanidine groups is 1. The van der Waals surface area contributed by atoms with Crippen LogP contribution in [-0.2, 0) is 20.7 Å². The van der Waals surface area contributed by atoms with Crippen molar-refractivity contribution in [1.29, 1.82) is 0 Å². The van der Waals surface area contributed by atoms with E-state index in [1.54, 1.807) is 11.8 Å². The van der Waals surface area contributed by atoms with E-state index < -0.39 is 10.2 Å². The van der Waals surface area contributed by atoms with E-state index in [-0.39, 0.29) is 17.7 Å². The van der Waals surface area contributed by atoms with Crippen LogP contribution in [0.4, 0.5) is 5.13 Å². The van der Waals surface area contributed by atoms with Gasteiger partial charge in [0, 0.05) is 23.4 Å². The molecule has 0 aromatic carbocycles. The Morgan fingerprint density at radius 1 is 1.48 bits per heavy atom. The third-order valence-electron chi connectivity index (χ3n) is 2.35. The van der Waals surface area contributed by atoms with Crippen LogP contribution in [0, 0.1) is 0 Å². The van der Waals surface area contributed by atoms with Crippen molar-refractivity contribution in [3.05, 3.63) is 11.1 Å². The molecular weight excluding hydrogens is 362 g/mol. The van der Waals surface area contributed by atoms with Crippen LogP contribution in [0.2, 0.25) is 0 Å². The number of thioether (sulfide) groups is 1. The molecule has 0 saturated heterocycles. The van der Waals surface area contributed by atoms with Crippen molar-refractivity contribution in [3.63, 3.8) is 0 Å². The van der Waals surface area contributed by atoms with Crippen molar-refractivity contribution in [1.82, 2.24) is 10.3 Å². The fourth-order valence-electron chi connectivity index (χ4n) is 1.51. The number of ether oxygens (including phenoxy) is 1. The molecule has 13 heteroatoms. The highest BCUT2D eigenvalue weighted by atomic mass is 32.2. The molecule has 0 atom stereocenters.